The summed E-state index contributed by atoms with van der Waals surface area (Å²) < 4.78 is 32.7. The van der Waals surface area contributed by atoms with E-state index in [4.69, 9.17) is 4.74 Å². The Hall–Kier alpha value is -3.00. The zero-order chi connectivity index (χ0) is 20.5. The normalized spacial score (nSPS) is 11.3. The number of hydrogen-bond donors (Lipinski definition) is 1. The number of anilines is 1. The number of amidine groups is 1. The van der Waals surface area contributed by atoms with Gasteiger partial charge in [-0.3, -0.25) is 0 Å². The van der Waals surface area contributed by atoms with E-state index in [1.54, 1.807) is 12.1 Å². The van der Waals surface area contributed by atoms with Crippen molar-refractivity contribution in [2.45, 2.75) is 20.0 Å². The molecule has 0 bridgehead atoms. The molecule has 0 fully saturated rings. The van der Waals surface area contributed by atoms with Crippen LogP contribution in [0.4, 0.5) is 20.3 Å². The Balaban J connectivity index is 1.74. The van der Waals surface area contributed by atoms with Crippen LogP contribution >= 0.6 is 11.8 Å². The molecule has 150 valence electrons. The first-order valence-corrected chi connectivity index (χ1v) is 10.1. The highest BCUT2D eigenvalue weighted by Crippen LogP contribution is 2.20. The van der Waals surface area contributed by atoms with E-state index in [-0.39, 0.29) is 24.3 Å². The molecule has 1 aromatic heterocycles. The van der Waals surface area contributed by atoms with Gasteiger partial charge >= 0.3 is 6.01 Å². The van der Waals surface area contributed by atoms with Gasteiger partial charge in [0, 0.05) is 5.75 Å². The van der Waals surface area contributed by atoms with Gasteiger partial charge < -0.3 is 10.1 Å². The molecule has 0 saturated carbocycles. The average Bonchev–Trinajstić information content (AvgIpc) is 2.74. The van der Waals surface area contributed by atoms with Gasteiger partial charge in [-0.25, -0.2) is 18.8 Å². The lowest BCUT2D eigenvalue weighted by Crippen LogP contribution is -2.12. The van der Waals surface area contributed by atoms with Crippen molar-refractivity contribution in [2.75, 3.05) is 11.1 Å². The Labute approximate surface area is 172 Å². The maximum atomic E-state index is 14.2. The molecule has 0 saturated heterocycles. The van der Waals surface area contributed by atoms with E-state index in [9.17, 15) is 8.78 Å². The largest absolute Gasteiger partial charge is 0.459 e. The molecule has 1 heterocycles. The first-order valence-electron chi connectivity index (χ1n) is 9.07. The van der Waals surface area contributed by atoms with Crippen LogP contribution in [0.3, 0.4) is 0 Å². The molecule has 29 heavy (non-hydrogen) atoms. The molecule has 0 aliphatic rings. The number of thioether (sulfide) groups is 1. The maximum absolute atomic E-state index is 14.2. The number of hydrogen-bond acceptors (Lipinski definition) is 5. The second kappa shape index (κ2) is 10.5. The first kappa shape index (κ1) is 20.7. The van der Waals surface area contributed by atoms with Gasteiger partial charge in [0.2, 0.25) is 0 Å². The lowest BCUT2D eigenvalue weighted by atomic mass is 10.2. The van der Waals surface area contributed by atoms with Crippen LogP contribution in [0.15, 0.2) is 65.8 Å². The first-order chi connectivity index (χ1) is 14.1. The highest BCUT2D eigenvalue weighted by molar-refractivity contribution is 8.14. The number of halogens is 2. The van der Waals surface area contributed by atoms with Crippen molar-refractivity contribution in [1.29, 1.82) is 0 Å². The van der Waals surface area contributed by atoms with Gasteiger partial charge in [0.05, 0.1) is 11.9 Å². The summed E-state index contributed by atoms with van der Waals surface area (Å²) in [5.41, 5.74) is 1.50. The van der Waals surface area contributed by atoms with Crippen molar-refractivity contribution in [3.05, 3.63) is 78.0 Å². The predicted molar refractivity (Wildman–Crippen MR) is 113 cm³/mol. The monoisotopic (exact) mass is 414 g/mol. The standard InChI is InChI=1S/C21H20F2N4OS/c1-2-12-29-21(25-17-6-4-3-5-7-17)27-19-18(23)13-24-20(26-19)28-14-15-8-10-16(22)11-9-15/h3-11,13H,2,12,14H2,1H3,(H,24,25,26,27). The lowest BCUT2D eigenvalue weighted by molar-refractivity contribution is 0.280. The van der Waals surface area contributed by atoms with Crippen molar-refractivity contribution >= 4 is 28.4 Å². The van der Waals surface area contributed by atoms with Crippen molar-refractivity contribution in [2.24, 2.45) is 4.99 Å². The molecule has 0 aliphatic carbocycles. The van der Waals surface area contributed by atoms with E-state index in [1.807, 2.05) is 30.3 Å². The van der Waals surface area contributed by atoms with Crippen molar-refractivity contribution in [3.8, 4) is 6.01 Å². The van der Waals surface area contributed by atoms with Crippen LogP contribution in [0.2, 0.25) is 0 Å². The Morgan fingerprint density at radius 1 is 1.10 bits per heavy atom. The third-order valence-electron chi connectivity index (χ3n) is 3.66. The van der Waals surface area contributed by atoms with Gasteiger partial charge in [-0.15, -0.1) is 0 Å². The molecule has 5 nitrogen and oxygen atoms in total. The van der Waals surface area contributed by atoms with Gasteiger partial charge in [-0.2, -0.15) is 4.98 Å². The number of aliphatic imine (C=N–C) groups is 1. The van der Waals surface area contributed by atoms with E-state index in [1.165, 1.54) is 23.9 Å². The zero-order valence-electron chi connectivity index (χ0n) is 15.8. The molecule has 3 rings (SSSR count). The van der Waals surface area contributed by atoms with Crippen LogP contribution in [0.5, 0.6) is 6.01 Å². The van der Waals surface area contributed by atoms with Gasteiger partial charge in [0.15, 0.2) is 16.8 Å². The minimum absolute atomic E-state index is 0.0118. The number of nitrogens with one attached hydrogen (secondary N) is 1. The summed E-state index contributed by atoms with van der Waals surface area (Å²) in [5, 5.41) is 3.46. The molecular weight excluding hydrogens is 394 g/mol. The highest BCUT2D eigenvalue weighted by Gasteiger charge is 2.11. The number of ether oxygens (including phenoxy) is 1. The molecule has 0 radical (unpaired) electrons. The van der Waals surface area contributed by atoms with Crippen molar-refractivity contribution < 1.29 is 13.5 Å². The fourth-order valence-corrected chi connectivity index (χ4v) is 2.99. The quantitative estimate of drug-likeness (QED) is 0.404. The van der Waals surface area contributed by atoms with Crippen LogP contribution in [-0.2, 0) is 6.61 Å². The second-order valence-electron chi connectivity index (χ2n) is 5.99. The molecule has 0 atom stereocenters. The molecule has 8 heteroatoms. The SMILES string of the molecule is CCCS/C(=N/c1ccccc1)Nc1nc(OCc2ccc(F)cc2)ncc1F. The smallest absolute Gasteiger partial charge is 0.318 e. The summed E-state index contributed by atoms with van der Waals surface area (Å²) in [6.07, 6.45) is 1.98. The van der Waals surface area contributed by atoms with Crippen LogP contribution in [-0.4, -0.2) is 20.9 Å². The Bertz CT molecular complexity index is 953. The van der Waals surface area contributed by atoms with Gasteiger partial charge in [-0.1, -0.05) is 49.0 Å². The lowest BCUT2D eigenvalue weighted by Gasteiger charge is -2.11. The van der Waals surface area contributed by atoms with Gasteiger partial charge in [0.1, 0.15) is 12.4 Å². The number of aromatic nitrogens is 2. The molecule has 0 spiro atoms. The molecule has 0 amide bonds. The average molecular weight is 414 g/mol. The Morgan fingerprint density at radius 2 is 1.86 bits per heavy atom. The third-order valence-corrected chi connectivity index (χ3v) is 4.74. The van der Waals surface area contributed by atoms with Crippen LogP contribution in [0.1, 0.15) is 18.9 Å². The summed E-state index contributed by atoms with van der Waals surface area (Å²) in [7, 11) is 0. The number of para-hydroxylation sites is 1. The predicted octanol–water partition coefficient (Wildman–Crippen LogP) is 5.58. The van der Waals surface area contributed by atoms with Crippen LogP contribution in [0.25, 0.3) is 0 Å². The zero-order valence-corrected chi connectivity index (χ0v) is 16.6. The van der Waals surface area contributed by atoms with Crippen molar-refractivity contribution in [1.82, 2.24) is 9.97 Å². The minimum atomic E-state index is -0.614. The molecule has 1 N–H and O–H groups in total. The fourth-order valence-electron chi connectivity index (χ4n) is 2.25. The highest BCUT2D eigenvalue weighted by atomic mass is 32.2. The second-order valence-corrected chi connectivity index (χ2v) is 7.07. The number of rotatable bonds is 7. The van der Waals surface area contributed by atoms with E-state index in [0.717, 1.165) is 29.6 Å². The fraction of sp³-hybridized carbons (Fsp3) is 0.190. The number of nitrogens with zero attached hydrogens (tertiary/aromatic N) is 3. The topological polar surface area (TPSA) is 59.4 Å². The summed E-state index contributed by atoms with van der Waals surface area (Å²) >= 11 is 1.47. The van der Waals surface area contributed by atoms with E-state index >= 15 is 0 Å². The minimum Gasteiger partial charge on any atom is -0.459 e. The Morgan fingerprint density at radius 3 is 2.59 bits per heavy atom. The van der Waals surface area contributed by atoms with Gasteiger partial charge in [0.25, 0.3) is 0 Å². The van der Waals surface area contributed by atoms with E-state index in [0.29, 0.717) is 5.17 Å². The van der Waals surface area contributed by atoms with Crippen molar-refractivity contribution in [3.63, 3.8) is 0 Å². The summed E-state index contributed by atoms with van der Waals surface area (Å²) in [6, 6.07) is 15.3. The summed E-state index contributed by atoms with van der Waals surface area (Å²) in [6.45, 7) is 2.20. The van der Waals surface area contributed by atoms with Gasteiger partial charge in [-0.05, 0) is 36.2 Å². The molecule has 0 unspecified atom stereocenters. The van der Waals surface area contributed by atoms with Crippen LogP contribution < -0.4 is 10.1 Å². The van der Waals surface area contributed by atoms with E-state index in [2.05, 4.69) is 27.2 Å². The van der Waals surface area contributed by atoms with Crippen LogP contribution in [0, 0.1) is 11.6 Å². The summed E-state index contributed by atoms with van der Waals surface area (Å²) in [4.78, 5) is 12.5. The number of benzene rings is 2. The third kappa shape index (κ3) is 6.53. The summed E-state index contributed by atoms with van der Waals surface area (Å²) in [5.74, 6) is -0.142. The molecule has 2 aromatic carbocycles. The molecular formula is C21H20F2N4OS. The van der Waals surface area contributed by atoms with E-state index < -0.39 is 5.82 Å². The molecule has 0 aliphatic heterocycles. The molecule has 3 aromatic rings. The maximum Gasteiger partial charge on any atom is 0.318 e. The Kier molecular flexibility index (Phi) is 7.52.